The van der Waals surface area contributed by atoms with Crippen LogP contribution in [0.2, 0.25) is 0 Å². The largest absolute Gasteiger partial charge is 0.354 e. The number of amides is 2. The number of carbonyl (C=O) groups excluding carboxylic acids is 2. The number of hydrogen-bond donors (Lipinski definition) is 2. The van der Waals surface area contributed by atoms with Gasteiger partial charge in [-0.05, 0) is 23.6 Å². The predicted molar refractivity (Wildman–Crippen MR) is 113 cm³/mol. The van der Waals surface area contributed by atoms with Crippen LogP contribution in [0.4, 0.5) is 8.78 Å². The zero-order valence-corrected chi connectivity index (χ0v) is 17.0. The molecule has 162 valence electrons. The van der Waals surface area contributed by atoms with Gasteiger partial charge in [0.15, 0.2) is 11.6 Å². The molecule has 6 nitrogen and oxygen atoms in total. The molecule has 1 fully saturated rings. The van der Waals surface area contributed by atoms with Crippen molar-refractivity contribution in [3.63, 3.8) is 0 Å². The van der Waals surface area contributed by atoms with E-state index in [1.807, 2.05) is 36.5 Å². The van der Waals surface area contributed by atoms with Crippen LogP contribution in [0.1, 0.15) is 12.0 Å². The Hall–Kier alpha value is -3.26. The lowest BCUT2D eigenvalue weighted by Gasteiger charge is -2.34. The molecule has 0 saturated carbocycles. The van der Waals surface area contributed by atoms with Crippen LogP contribution in [0.3, 0.4) is 0 Å². The highest BCUT2D eigenvalue weighted by Crippen LogP contribution is 2.18. The summed E-state index contributed by atoms with van der Waals surface area (Å²) in [5.41, 5.74) is 1.26. The van der Waals surface area contributed by atoms with Gasteiger partial charge in [-0.2, -0.15) is 0 Å². The first-order valence-corrected chi connectivity index (χ1v) is 10.3. The number of fused-ring (bicyclic) bond motifs is 1. The van der Waals surface area contributed by atoms with Crippen LogP contribution in [-0.2, 0) is 22.7 Å². The second kappa shape index (κ2) is 9.26. The molecule has 1 unspecified atom stereocenters. The molecule has 31 heavy (non-hydrogen) atoms. The fraction of sp³-hybridized carbons (Fsp3) is 0.304. The van der Waals surface area contributed by atoms with E-state index in [1.54, 1.807) is 4.90 Å². The van der Waals surface area contributed by atoms with Crippen molar-refractivity contribution >= 4 is 22.7 Å². The van der Waals surface area contributed by atoms with E-state index in [1.165, 1.54) is 12.1 Å². The number of halogens is 2. The van der Waals surface area contributed by atoms with Gasteiger partial charge in [-0.15, -0.1) is 0 Å². The van der Waals surface area contributed by atoms with Crippen LogP contribution in [-0.4, -0.2) is 47.0 Å². The van der Waals surface area contributed by atoms with Crippen molar-refractivity contribution in [3.8, 4) is 0 Å². The van der Waals surface area contributed by atoms with Gasteiger partial charge in [-0.25, -0.2) is 8.78 Å². The number of aromatic nitrogens is 1. The molecule has 2 heterocycles. The molecule has 3 aromatic rings. The van der Waals surface area contributed by atoms with E-state index in [0.717, 1.165) is 17.0 Å². The maximum Gasteiger partial charge on any atom is 0.237 e. The summed E-state index contributed by atoms with van der Waals surface area (Å²) in [6, 6.07) is 13.3. The maximum atomic E-state index is 14.1. The number of benzene rings is 2. The third-order valence-corrected chi connectivity index (χ3v) is 5.58. The van der Waals surface area contributed by atoms with Crippen LogP contribution < -0.4 is 10.6 Å². The standard InChI is InChI=1S/C23H24F2N4O2/c24-18-6-3-5-17(22(18)25)15-29-13-10-27-23(31)20(29)14-21(30)26-9-12-28-11-8-16-4-1-2-7-19(16)28/h1-8,11,20H,9-10,12-15H2,(H,26,30)(H,27,31). The number of carbonyl (C=O) groups is 2. The Morgan fingerprint density at radius 2 is 1.97 bits per heavy atom. The molecule has 2 aromatic carbocycles. The van der Waals surface area contributed by atoms with Gasteiger partial charge in [-0.3, -0.25) is 14.5 Å². The van der Waals surface area contributed by atoms with Crippen LogP contribution in [0, 0.1) is 11.6 Å². The average molecular weight is 426 g/mol. The van der Waals surface area contributed by atoms with Gasteiger partial charge in [0.25, 0.3) is 0 Å². The van der Waals surface area contributed by atoms with Gasteiger partial charge in [-0.1, -0.05) is 30.3 Å². The van der Waals surface area contributed by atoms with Crippen LogP contribution in [0.15, 0.2) is 54.7 Å². The van der Waals surface area contributed by atoms with Crippen molar-refractivity contribution in [2.24, 2.45) is 0 Å². The Morgan fingerprint density at radius 3 is 2.84 bits per heavy atom. The van der Waals surface area contributed by atoms with Crippen molar-refractivity contribution in [2.75, 3.05) is 19.6 Å². The molecule has 4 rings (SSSR count). The first-order chi connectivity index (χ1) is 15.0. The smallest absolute Gasteiger partial charge is 0.237 e. The Balaban J connectivity index is 1.35. The van der Waals surface area contributed by atoms with Crippen molar-refractivity contribution in [3.05, 3.63) is 71.9 Å². The number of rotatable bonds is 7. The maximum absolute atomic E-state index is 14.1. The van der Waals surface area contributed by atoms with Crippen molar-refractivity contribution in [2.45, 2.75) is 25.6 Å². The monoisotopic (exact) mass is 426 g/mol. The minimum Gasteiger partial charge on any atom is -0.354 e. The third kappa shape index (κ3) is 4.74. The molecular formula is C23H24F2N4O2. The highest BCUT2D eigenvalue weighted by molar-refractivity contribution is 5.88. The van der Waals surface area contributed by atoms with Gasteiger partial charge in [0.05, 0.1) is 12.5 Å². The topological polar surface area (TPSA) is 66.4 Å². The van der Waals surface area contributed by atoms with E-state index >= 15 is 0 Å². The van der Waals surface area contributed by atoms with E-state index in [2.05, 4.69) is 15.2 Å². The lowest BCUT2D eigenvalue weighted by atomic mass is 10.1. The normalized spacial score (nSPS) is 17.0. The minimum atomic E-state index is -0.925. The predicted octanol–water partition coefficient (Wildman–Crippen LogP) is 2.43. The summed E-state index contributed by atoms with van der Waals surface area (Å²) in [5.74, 6) is -2.39. The average Bonchev–Trinajstić information content (AvgIpc) is 3.17. The fourth-order valence-corrected chi connectivity index (χ4v) is 3.96. The molecule has 1 aromatic heterocycles. The third-order valence-electron chi connectivity index (χ3n) is 5.58. The molecule has 8 heteroatoms. The van der Waals surface area contributed by atoms with E-state index in [-0.39, 0.29) is 30.3 Å². The number of nitrogens with one attached hydrogen (secondary N) is 2. The fourth-order valence-electron chi connectivity index (χ4n) is 3.96. The summed E-state index contributed by atoms with van der Waals surface area (Å²) in [5, 5.41) is 6.74. The number of piperazine rings is 1. The van der Waals surface area contributed by atoms with Crippen molar-refractivity contribution in [1.29, 1.82) is 0 Å². The molecule has 1 aliphatic rings. The molecule has 1 saturated heterocycles. The SMILES string of the molecule is O=C(CC1C(=O)NCCN1Cc1cccc(F)c1F)NCCn1ccc2ccccc21. The lowest BCUT2D eigenvalue weighted by molar-refractivity contribution is -0.134. The summed E-state index contributed by atoms with van der Waals surface area (Å²) in [7, 11) is 0. The van der Waals surface area contributed by atoms with Gasteiger partial charge >= 0.3 is 0 Å². The van der Waals surface area contributed by atoms with E-state index in [4.69, 9.17) is 0 Å². The minimum absolute atomic E-state index is 0.0464. The zero-order valence-electron chi connectivity index (χ0n) is 17.0. The molecule has 0 spiro atoms. The van der Waals surface area contributed by atoms with E-state index in [0.29, 0.717) is 26.2 Å². The first kappa shape index (κ1) is 21.0. The van der Waals surface area contributed by atoms with Gasteiger partial charge in [0.2, 0.25) is 11.8 Å². The summed E-state index contributed by atoms with van der Waals surface area (Å²) in [4.78, 5) is 26.6. The van der Waals surface area contributed by atoms with Crippen LogP contribution >= 0.6 is 0 Å². The molecule has 2 amide bonds. The second-order valence-electron chi connectivity index (χ2n) is 7.61. The first-order valence-electron chi connectivity index (χ1n) is 10.3. The van der Waals surface area contributed by atoms with E-state index < -0.39 is 17.7 Å². The Kier molecular flexibility index (Phi) is 6.27. The summed E-state index contributed by atoms with van der Waals surface area (Å²) in [6.07, 6.45) is 1.93. The molecule has 1 atom stereocenters. The molecule has 2 N–H and O–H groups in total. The summed E-state index contributed by atoms with van der Waals surface area (Å²) in [6.45, 7) is 1.94. The second-order valence-corrected chi connectivity index (χ2v) is 7.61. The molecule has 0 bridgehead atoms. The molecular weight excluding hydrogens is 402 g/mol. The van der Waals surface area contributed by atoms with Crippen LogP contribution in [0.25, 0.3) is 10.9 Å². The molecule has 0 radical (unpaired) electrons. The number of para-hydroxylation sites is 1. The summed E-state index contributed by atoms with van der Waals surface area (Å²) >= 11 is 0. The van der Waals surface area contributed by atoms with Gasteiger partial charge in [0, 0.05) is 50.0 Å². The Bertz CT molecular complexity index is 1100. The quantitative estimate of drug-likeness (QED) is 0.610. The highest BCUT2D eigenvalue weighted by atomic mass is 19.2. The molecule has 0 aliphatic carbocycles. The Labute approximate surface area is 178 Å². The lowest BCUT2D eigenvalue weighted by Crippen LogP contribution is -2.56. The zero-order chi connectivity index (χ0) is 21.8. The highest BCUT2D eigenvalue weighted by Gasteiger charge is 2.32. The van der Waals surface area contributed by atoms with Gasteiger partial charge < -0.3 is 15.2 Å². The van der Waals surface area contributed by atoms with E-state index in [9.17, 15) is 18.4 Å². The number of hydrogen-bond acceptors (Lipinski definition) is 3. The van der Waals surface area contributed by atoms with Gasteiger partial charge in [0.1, 0.15) is 0 Å². The molecule has 1 aliphatic heterocycles. The summed E-state index contributed by atoms with van der Waals surface area (Å²) < 4.78 is 29.7. The van der Waals surface area contributed by atoms with Crippen molar-refractivity contribution < 1.29 is 18.4 Å². The number of nitrogens with zero attached hydrogens (tertiary/aromatic N) is 2. The van der Waals surface area contributed by atoms with Crippen LogP contribution in [0.5, 0.6) is 0 Å². The van der Waals surface area contributed by atoms with Crippen molar-refractivity contribution in [1.82, 2.24) is 20.1 Å². The Morgan fingerprint density at radius 1 is 1.13 bits per heavy atom.